The highest BCUT2D eigenvalue weighted by atomic mass is 16.4. The minimum atomic E-state index is -1.02. The molecule has 1 saturated carbocycles. The Morgan fingerprint density at radius 3 is 2.60 bits per heavy atom. The summed E-state index contributed by atoms with van der Waals surface area (Å²) in [5.74, 6) is 0.800. The van der Waals surface area contributed by atoms with Gasteiger partial charge < -0.3 is 16.2 Å². The Hall–Kier alpha value is -1.54. The van der Waals surface area contributed by atoms with E-state index in [-0.39, 0.29) is 12.3 Å². The molecule has 0 aliphatic heterocycles. The summed E-state index contributed by atoms with van der Waals surface area (Å²) < 4.78 is 0. The third-order valence-electron chi connectivity index (χ3n) is 2.33. The number of nitrogens with two attached hydrogens (primary N) is 1. The van der Waals surface area contributed by atoms with E-state index in [0.29, 0.717) is 0 Å². The molecule has 5 nitrogen and oxygen atoms in total. The molecule has 0 aromatic carbocycles. The van der Waals surface area contributed by atoms with Crippen LogP contribution in [0.4, 0.5) is 0 Å². The van der Waals surface area contributed by atoms with Crippen LogP contribution in [0.2, 0.25) is 0 Å². The van der Waals surface area contributed by atoms with Crippen molar-refractivity contribution in [2.24, 2.45) is 11.7 Å². The highest BCUT2D eigenvalue weighted by molar-refractivity contribution is 5.87. The second-order valence-corrected chi connectivity index (χ2v) is 3.68. The van der Waals surface area contributed by atoms with Crippen LogP contribution in [0.1, 0.15) is 19.3 Å². The van der Waals surface area contributed by atoms with E-state index in [1.54, 1.807) is 0 Å². The van der Waals surface area contributed by atoms with Gasteiger partial charge in [0.1, 0.15) is 6.04 Å². The lowest BCUT2D eigenvalue weighted by molar-refractivity contribution is -0.142. The topological polar surface area (TPSA) is 92.4 Å². The lowest BCUT2D eigenvalue weighted by Crippen LogP contribution is -2.49. The molecular weight excluding hydrogens is 196 g/mol. The highest BCUT2D eigenvalue weighted by Crippen LogP contribution is 2.32. The Morgan fingerprint density at radius 2 is 2.20 bits per heavy atom. The fourth-order valence-electron chi connectivity index (χ4n) is 1.29. The van der Waals surface area contributed by atoms with Gasteiger partial charge in [-0.15, -0.1) is 12.3 Å². The number of hydrogen-bond donors (Lipinski definition) is 3. The predicted molar refractivity (Wildman–Crippen MR) is 53.7 cm³/mol. The van der Waals surface area contributed by atoms with E-state index in [4.69, 9.17) is 17.3 Å². The summed E-state index contributed by atoms with van der Waals surface area (Å²) in [7, 11) is 0. The molecule has 82 valence electrons. The van der Waals surface area contributed by atoms with Crippen LogP contribution in [-0.2, 0) is 9.59 Å². The molecule has 2 atom stereocenters. The molecule has 0 bridgehead atoms. The molecular formula is C10H14N2O3. The van der Waals surface area contributed by atoms with E-state index >= 15 is 0 Å². The lowest BCUT2D eigenvalue weighted by Gasteiger charge is -2.15. The summed E-state index contributed by atoms with van der Waals surface area (Å²) in [5, 5.41) is 11.3. The van der Waals surface area contributed by atoms with Gasteiger partial charge in [-0.05, 0) is 18.8 Å². The van der Waals surface area contributed by atoms with Crippen LogP contribution in [0, 0.1) is 18.3 Å². The van der Waals surface area contributed by atoms with Gasteiger partial charge in [0.05, 0.1) is 6.04 Å². The Morgan fingerprint density at radius 1 is 1.60 bits per heavy atom. The van der Waals surface area contributed by atoms with Crippen LogP contribution < -0.4 is 11.1 Å². The maximum atomic E-state index is 11.4. The quantitative estimate of drug-likeness (QED) is 0.524. The smallest absolute Gasteiger partial charge is 0.326 e. The Kier molecular flexibility index (Phi) is 3.69. The van der Waals surface area contributed by atoms with E-state index in [0.717, 1.165) is 12.8 Å². The van der Waals surface area contributed by atoms with E-state index in [1.807, 2.05) is 0 Å². The van der Waals surface area contributed by atoms with Crippen molar-refractivity contribution in [3.63, 3.8) is 0 Å². The minimum absolute atomic E-state index is 0.0458. The lowest BCUT2D eigenvalue weighted by atomic mass is 10.1. The summed E-state index contributed by atoms with van der Waals surface area (Å²) in [6.45, 7) is 0. The average molecular weight is 210 g/mol. The van der Waals surface area contributed by atoms with E-state index < -0.39 is 24.0 Å². The van der Waals surface area contributed by atoms with Crippen LogP contribution in [0.5, 0.6) is 0 Å². The Bertz CT molecular complexity index is 304. The Balaban J connectivity index is 2.47. The number of hydrogen-bond acceptors (Lipinski definition) is 3. The third kappa shape index (κ3) is 3.26. The van der Waals surface area contributed by atoms with Crippen molar-refractivity contribution < 1.29 is 14.7 Å². The number of carboxylic acids is 1. The minimum Gasteiger partial charge on any atom is -0.480 e. The van der Waals surface area contributed by atoms with Crippen molar-refractivity contribution in [3.8, 4) is 12.3 Å². The van der Waals surface area contributed by atoms with Gasteiger partial charge in [0.25, 0.3) is 0 Å². The summed E-state index contributed by atoms with van der Waals surface area (Å²) in [6, 6.07) is -1.64. The Labute approximate surface area is 88.0 Å². The normalized spacial score (nSPS) is 18.7. The molecule has 4 N–H and O–H groups in total. The number of amides is 1. The van der Waals surface area contributed by atoms with Gasteiger partial charge in [0.2, 0.25) is 5.91 Å². The molecule has 15 heavy (non-hydrogen) atoms. The van der Waals surface area contributed by atoms with Gasteiger partial charge in [0.15, 0.2) is 0 Å². The number of terminal acetylenes is 1. The van der Waals surface area contributed by atoms with Gasteiger partial charge in [0, 0.05) is 6.42 Å². The molecule has 1 amide bonds. The first kappa shape index (κ1) is 11.5. The van der Waals surface area contributed by atoms with Crippen LogP contribution in [-0.4, -0.2) is 29.1 Å². The zero-order valence-corrected chi connectivity index (χ0v) is 8.27. The van der Waals surface area contributed by atoms with Gasteiger partial charge in [-0.2, -0.15) is 0 Å². The number of rotatable bonds is 5. The molecule has 0 spiro atoms. The molecule has 0 aromatic rings. The molecule has 0 radical (unpaired) electrons. The number of carbonyl (C=O) groups excluding carboxylic acids is 1. The fraction of sp³-hybridized carbons (Fsp3) is 0.600. The monoisotopic (exact) mass is 210 g/mol. The van der Waals surface area contributed by atoms with Crippen LogP contribution >= 0.6 is 0 Å². The van der Waals surface area contributed by atoms with Gasteiger partial charge >= 0.3 is 5.97 Å². The van der Waals surface area contributed by atoms with Crippen LogP contribution in [0.3, 0.4) is 0 Å². The number of carbonyl (C=O) groups is 2. The zero-order chi connectivity index (χ0) is 11.4. The first-order chi connectivity index (χ1) is 7.06. The largest absolute Gasteiger partial charge is 0.480 e. The molecule has 1 fully saturated rings. The molecule has 0 aromatic heterocycles. The number of nitrogens with one attached hydrogen (secondary N) is 1. The maximum absolute atomic E-state index is 11.4. The van der Waals surface area contributed by atoms with Crippen molar-refractivity contribution in [1.82, 2.24) is 5.32 Å². The van der Waals surface area contributed by atoms with E-state index in [9.17, 15) is 9.59 Å². The molecule has 0 heterocycles. The first-order valence-electron chi connectivity index (χ1n) is 4.78. The van der Waals surface area contributed by atoms with Crippen LogP contribution in [0.15, 0.2) is 0 Å². The second kappa shape index (κ2) is 4.80. The number of aliphatic carboxylic acids is 1. The molecule has 1 aliphatic carbocycles. The summed E-state index contributed by atoms with van der Waals surface area (Å²) in [4.78, 5) is 22.2. The van der Waals surface area contributed by atoms with Gasteiger partial charge in [-0.25, -0.2) is 4.79 Å². The SMILES string of the molecule is C#CCC(N)C(=O)NC(C(=O)O)C1CC1. The first-order valence-corrected chi connectivity index (χ1v) is 4.78. The average Bonchev–Trinajstić information content (AvgIpc) is 2.97. The van der Waals surface area contributed by atoms with Crippen molar-refractivity contribution in [2.75, 3.05) is 0 Å². The molecule has 2 unspecified atom stereocenters. The standard InChI is InChI=1S/C10H14N2O3/c1-2-3-7(11)9(13)12-8(10(14)15)6-4-5-6/h1,6-8H,3-5,11H2,(H,12,13)(H,14,15). The summed E-state index contributed by atoms with van der Waals surface area (Å²) >= 11 is 0. The fourth-order valence-corrected chi connectivity index (χ4v) is 1.29. The molecule has 0 saturated heterocycles. The molecule has 5 heteroatoms. The van der Waals surface area contributed by atoms with Crippen molar-refractivity contribution >= 4 is 11.9 Å². The van der Waals surface area contributed by atoms with E-state index in [2.05, 4.69) is 11.2 Å². The maximum Gasteiger partial charge on any atom is 0.326 e. The third-order valence-corrected chi connectivity index (χ3v) is 2.33. The highest BCUT2D eigenvalue weighted by Gasteiger charge is 2.37. The zero-order valence-electron chi connectivity index (χ0n) is 8.27. The molecule has 1 rings (SSSR count). The molecule has 1 aliphatic rings. The van der Waals surface area contributed by atoms with Crippen molar-refractivity contribution in [2.45, 2.75) is 31.3 Å². The van der Waals surface area contributed by atoms with Gasteiger partial charge in [-0.1, -0.05) is 0 Å². The predicted octanol–water partition coefficient (Wildman–Crippen LogP) is -0.684. The number of carboxylic acid groups (broad SMARTS) is 1. The van der Waals surface area contributed by atoms with Crippen molar-refractivity contribution in [1.29, 1.82) is 0 Å². The second-order valence-electron chi connectivity index (χ2n) is 3.68. The van der Waals surface area contributed by atoms with Crippen LogP contribution in [0.25, 0.3) is 0 Å². The van der Waals surface area contributed by atoms with Crippen molar-refractivity contribution in [3.05, 3.63) is 0 Å². The summed E-state index contributed by atoms with van der Waals surface area (Å²) in [5.41, 5.74) is 5.45. The van der Waals surface area contributed by atoms with E-state index in [1.165, 1.54) is 0 Å². The van der Waals surface area contributed by atoms with Gasteiger partial charge in [-0.3, -0.25) is 4.79 Å². The summed E-state index contributed by atoms with van der Waals surface area (Å²) in [6.07, 6.45) is 6.79.